The average Bonchev–Trinajstić information content (AvgIpc) is 2.88. The first-order valence-electron chi connectivity index (χ1n) is 11.2. The Morgan fingerprint density at radius 2 is 1.71 bits per heavy atom. The number of alkyl halides is 3. The molecule has 1 saturated heterocycles. The van der Waals surface area contributed by atoms with Gasteiger partial charge in [-0.05, 0) is 60.4 Å². The van der Waals surface area contributed by atoms with E-state index in [0.717, 1.165) is 12.1 Å². The molecule has 1 N–H and O–H groups in total. The van der Waals surface area contributed by atoms with E-state index < -0.39 is 11.7 Å². The van der Waals surface area contributed by atoms with E-state index in [2.05, 4.69) is 10.3 Å². The lowest BCUT2D eigenvalue weighted by molar-refractivity contribution is -0.137. The van der Waals surface area contributed by atoms with E-state index in [1.54, 1.807) is 71.7 Å². The van der Waals surface area contributed by atoms with Crippen LogP contribution in [0.4, 0.5) is 23.7 Å². The molecular formula is C26H25F3N4O2. The van der Waals surface area contributed by atoms with Crippen molar-refractivity contribution >= 4 is 17.6 Å². The minimum Gasteiger partial charge on any atom is -0.338 e. The SMILES string of the molecule is CN(C(=O)Nc1ccc(-c2cccc(C(F)(F)F)c2)cc1)C1CCN(C(=O)c2cccnc2)CC1. The number of hydrogen-bond donors (Lipinski definition) is 1. The molecule has 2 aromatic carbocycles. The number of aromatic nitrogens is 1. The molecule has 2 heterocycles. The van der Waals surface area contributed by atoms with Crippen molar-refractivity contribution in [3.8, 4) is 11.1 Å². The Bertz CT molecular complexity index is 1180. The van der Waals surface area contributed by atoms with Crippen molar-refractivity contribution in [3.05, 3.63) is 84.2 Å². The molecule has 1 aliphatic heterocycles. The summed E-state index contributed by atoms with van der Waals surface area (Å²) >= 11 is 0. The normalized spacial score (nSPS) is 14.5. The summed E-state index contributed by atoms with van der Waals surface area (Å²) < 4.78 is 39.0. The number of carbonyl (C=O) groups excluding carboxylic acids is 2. The Balaban J connectivity index is 1.32. The molecule has 0 aliphatic carbocycles. The molecule has 0 radical (unpaired) electrons. The number of hydrogen-bond acceptors (Lipinski definition) is 3. The first-order chi connectivity index (χ1) is 16.7. The minimum atomic E-state index is -4.41. The van der Waals surface area contributed by atoms with Gasteiger partial charge in [-0.25, -0.2) is 4.79 Å². The quantitative estimate of drug-likeness (QED) is 0.531. The third-order valence-electron chi connectivity index (χ3n) is 6.19. The number of benzene rings is 2. The molecule has 1 fully saturated rings. The summed E-state index contributed by atoms with van der Waals surface area (Å²) in [5.74, 6) is -0.0653. The van der Waals surface area contributed by atoms with Crippen LogP contribution in [-0.4, -0.2) is 52.9 Å². The lowest BCUT2D eigenvalue weighted by atomic mass is 10.0. The molecule has 0 unspecified atom stereocenters. The molecule has 0 bridgehead atoms. The molecule has 1 aromatic heterocycles. The van der Waals surface area contributed by atoms with Crippen molar-refractivity contribution in [3.63, 3.8) is 0 Å². The number of amides is 3. The number of pyridine rings is 1. The van der Waals surface area contributed by atoms with Crippen molar-refractivity contribution in [1.82, 2.24) is 14.8 Å². The fourth-order valence-electron chi connectivity index (χ4n) is 4.13. The predicted octanol–water partition coefficient (Wildman–Crippen LogP) is 5.54. The number of nitrogens with zero attached hydrogens (tertiary/aromatic N) is 3. The van der Waals surface area contributed by atoms with Crippen LogP contribution < -0.4 is 5.32 Å². The third kappa shape index (κ3) is 5.79. The standard InChI is InChI=1S/C26H25F3N4O2/c1-32(23-11-14-33(15-12-23)24(34)20-5-3-13-30-17-20)25(35)31-22-9-7-18(8-10-22)19-4-2-6-21(16-19)26(27,28)29/h2-10,13,16-17,23H,11-12,14-15H2,1H3,(H,31,35). The zero-order valence-electron chi connectivity index (χ0n) is 19.1. The number of piperidine rings is 1. The highest BCUT2D eigenvalue weighted by Gasteiger charge is 2.30. The zero-order chi connectivity index (χ0) is 25.0. The number of anilines is 1. The fraction of sp³-hybridized carbons (Fsp3) is 0.269. The van der Waals surface area contributed by atoms with Crippen LogP contribution in [0.3, 0.4) is 0 Å². The van der Waals surface area contributed by atoms with Gasteiger partial charge in [0.15, 0.2) is 0 Å². The van der Waals surface area contributed by atoms with Crippen molar-refractivity contribution < 1.29 is 22.8 Å². The monoisotopic (exact) mass is 482 g/mol. The van der Waals surface area contributed by atoms with Crippen LogP contribution in [0.25, 0.3) is 11.1 Å². The van der Waals surface area contributed by atoms with Gasteiger partial charge in [0, 0.05) is 44.3 Å². The molecule has 0 spiro atoms. The van der Waals surface area contributed by atoms with E-state index >= 15 is 0 Å². The number of carbonyl (C=O) groups is 2. The van der Waals surface area contributed by atoms with Crippen LogP contribution in [-0.2, 0) is 6.18 Å². The van der Waals surface area contributed by atoms with Crippen molar-refractivity contribution in [2.75, 3.05) is 25.5 Å². The van der Waals surface area contributed by atoms with E-state index in [1.165, 1.54) is 6.07 Å². The van der Waals surface area contributed by atoms with Gasteiger partial charge >= 0.3 is 12.2 Å². The van der Waals surface area contributed by atoms with Gasteiger partial charge in [0.2, 0.25) is 0 Å². The van der Waals surface area contributed by atoms with Gasteiger partial charge in [0.05, 0.1) is 11.1 Å². The van der Waals surface area contributed by atoms with Crippen LogP contribution in [0.5, 0.6) is 0 Å². The van der Waals surface area contributed by atoms with Crippen LogP contribution in [0.15, 0.2) is 73.1 Å². The highest BCUT2D eigenvalue weighted by Crippen LogP contribution is 2.32. The fourth-order valence-corrected chi connectivity index (χ4v) is 4.13. The Morgan fingerprint density at radius 3 is 2.34 bits per heavy atom. The number of urea groups is 1. The second-order valence-corrected chi connectivity index (χ2v) is 8.46. The first-order valence-corrected chi connectivity index (χ1v) is 11.2. The zero-order valence-corrected chi connectivity index (χ0v) is 19.1. The highest BCUT2D eigenvalue weighted by atomic mass is 19.4. The topological polar surface area (TPSA) is 65.5 Å². The van der Waals surface area contributed by atoms with Crippen molar-refractivity contribution in [1.29, 1.82) is 0 Å². The molecule has 3 aromatic rings. The van der Waals surface area contributed by atoms with Crippen LogP contribution >= 0.6 is 0 Å². The van der Waals surface area contributed by atoms with Crippen LogP contribution in [0.1, 0.15) is 28.8 Å². The summed E-state index contributed by atoms with van der Waals surface area (Å²) in [5, 5.41) is 2.83. The van der Waals surface area contributed by atoms with Crippen molar-refractivity contribution in [2.45, 2.75) is 25.1 Å². The van der Waals surface area contributed by atoms with Gasteiger partial charge in [-0.2, -0.15) is 13.2 Å². The number of likely N-dealkylation sites (tertiary alicyclic amines) is 1. The Kier molecular flexibility index (Phi) is 7.04. The Labute approximate surface area is 201 Å². The summed E-state index contributed by atoms with van der Waals surface area (Å²) in [7, 11) is 1.72. The van der Waals surface area contributed by atoms with E-state index in [9.17, 15) is 22.8 Å². The van der Waals surface area contributed by atoms with Gasteiger partial charge in [-0.1, -0.05) is 24.3 Å². The predicted molar refractivity (Wildman–Crippen MR) is 127 cm³/mol. The Hall–Kier alpha value is -3.88. The number of rotatable bonds is 4. The Morgan fingerprint density at radius 1 is 1.00 bits per heavy atom. The molecule has 6 nitrogen and oxygen atoms in total. The molecule has 35 heavy (non-hydrogen) atoms. The van der Waals surface area contributed by atoms with Gasteiger partial charge in [-0.15, -0.1) is 0 Å². The summed E-state index contributed by atoms with van der Waals surface area (Å²) in [6.07, 6.45) is 0.0767. The number of nitrogens with one attached hydrogen (secondary N) is 1. The molecular weight excluding hydrogens is 457 g/mol. The van der Waals surface area contributed by atoms with E-state index in [1.807, 2.05) is 0 Å². The average molecular weight is 483 g/mol. The van der Waals surface area contributed by atoms with E-state index in [0.29, 0.717) is 48.3 Å². The second-order valence-electron chi connectivity index (χ2n) is 8.46. The summed E-state index contributed by atoms with van der Waals surface area (Å²) in [5.41, 5.74) is 1.45. The van der Waals surface area contributed by atoms with Crippen LogP contribution in [0, 0.1) is 0 Å². The largest absolute Gasteiger partial charge is 0.416 e. The minimum absolute atomic E-state index is 0.0164. The molecule has 0 atom stereocenters. The lowest BCUT2D eigenvalue weighted by Crippen LogP contribution is -2.48. The lowest BCUT2D eigenvalue weighted by Gasteiger charge is -2.36. The summed E-state index contributed by atoms with van der Waals surface area (Å²) in [4.78, 5) is 32.7. The molecule has 1 aliphatic rings. The van der Waals surface area contributed by atoms with E-state index in [4.69, 9.17) is 0 Å². The van der Waals surface area contributed by atoms with Crippen molar-refractivity contribution in [2.24, 2.45) is 0 Å². The molecule has 9 heteroatoms. The van der Waals surface area contributed by atoms with Gasteiger partial charge in [-0.3, -0.25) is 9.78 Å². The maximum Gasteiger partial charge on any atom is 0.416 e. The molecule has 0 saturated carbocycles. The first kappa shape index (κ1) is 24.3. The van der Waals surface area contributed by atoms with Gasteiger partial charge in [0.25, 0.3) is 5.91 Å². The molecule has 182 valence electrons. The maximum atomic E-state index is 13.0. The second kappa shape index (κ2) is 10.2. The van der Waals surface area contributed by atoms with Gasteiger partial charge in [0.1, 0.15) is 0 Å². The highest BCUT2D eigenvalue weighted by molar-refractivity contribution is 5.94. The summed E-state index contributed by atoms with van der Waals surface area (Å²) in [6.45, 7) is 1.09. The smallest absolute Gasteiger partial charge is 0.338 e. The number of halogens is 3. The van der Waals surface area contributed by atoms with Crippen LogP contribution in [0.2, 0.25) is 0 Å². The molecule has 4 rings (SSSR count). The summed E-state index contributed by atoms with van der Waals surface area (Å²) in [6, 6.07) is 15.0. The molecule has 3 amide bonds. The van der Waals surface area contributed by atoms with E-state index in [-0.39, 0.29) is 18.0 Å². The third-order valence-corrected chi connectivity index (χ3v) is 6.19. The maximum absolute atomic E-state index is 13.0. The van der Waals surface area contributed by atoms with Gasteiger partial charge < -0.3 is 15.1 Å².